The van der Waals surface area contributed by atoms with E-state index in [1.807, 2.05) is 24.3 Å². The van der Waals surface area contributed by atoms with E-state index in [4.69, 9.17) is 18.9 Å². The van der Waals surface area contributed by atoms with Gasteiger partial charge < -0.3 is 18.9 Å². The van der Waals surface area contributed by atoms with Gasteiger partial charge in [-0.3, -0.25) is 0 Å². The van der Waals surface area contributed by atoms with Gasteiger partial charge in [0.15, 0.2) is 0 Å². The summed E-state index contributed by atoms with van der Waals surface area (Å²) < 4.78 is 22.6. The summed E-state index contributed by atoms with van der Waals surface area (Å²) in [5.41, 5.74) is -4.38. The number of hydrogen-bond donors (Lipinski definition) is 0. The van der Waals surface area contributed by atoms with Crippen LogP contribution in [0.5, 0.6) is 0 Å². The van der Waals surface area contributed by atoms with Crippen LogP contribution in [-0.4, -0.2) is 46.3 Å². The maximum Gasteiger partial charge on any atom is 0.346 e. The monoisotopic (exact) mass is 556 g/mol. The predicted molar refractivity (Wildman–Crippen MR) is 150 cm³/mol. The van der Waals surface area contributed by atoms with E-state index in [2.05, 4.69) is 0 Å². The first-order chi connectivity index (χ1) is 17.9. The number of carbonyl (C=O) groups excluding carboxylic acids is 4. The molecule has 0 heterocycles. The van der Waals surface area contributed by atoms with E-state index in [0.717, 1.165) is 0 Å². The number of carbonyl (C=O) groups is 4. The van der Waals surface area contributed by atoms with E-state index in [9.17, 15) is 19.2 Å². The molecule has 3 aliphatic carbocycles. The molecule has 0 aromatic carbocycles. The molecule has 0 bridgehead atoms. The summed E-state index contributed by atoms with van der Waals surface area (Å²) in [6, 6.07) is 0. The molecule has 8 nitrogen and oxygen atoms in total. The number of ether oxygens (including phenoxy) is 4. The summed E-state index contributed by atoms with van der Waals surface area (Å²) >= 11 is 0. The predicted octanol–water partition coefficient (Wildman–Crippen LogP) is 5.85. The lowest BCUT2D eigenvalue weighted by molar-refractivity contribution is -0.161. The summed E-state index contributed by atoms with van der Waals surface area (Å²) in [5, 5.41) is 0. The van der Waals surface area contributed by atoms with Crippen molar-refractivity contribution in [1.29, 1.82) is 0 Å². The van der Waals surface area contributed by atoms with Crippen LogP contribution < -0.4 is 0 Å². The van der Waals surface area contributed by atoms with E-state index in [1.165, 1.54) is 0 Å². The Balaban J connectivity index is 2.23. The lowest BCUT2D eigenvalue weighted by Gasteiger charge is -2.63. The van der Waals surface area contributed by atoms with Gasteiger partial charge in [0, 0.05) is 10.8 Å². The van der Waals surface area contributed by atoms with Crippen molar-refractivity contribution in [2.45, 2.75) is 118 Å². The Kier molecular flexibility index (Phi) is 7.64. The fourth-order valence-electron chi connectivity index (χ4n) is 5.20. The maximum absolute atomic E-state index is 13.5. The third kappa shape index (κ3) is 6.11. The fourth-order valence-corrected chi connectivity index (χ4v) is 5.20. The van der Waals surface area contributed by atoms with Crippen molar-refractivity contribution >= 4 is 23.9 Å². The molecule has 220 valence electrons. The van der Waals surface area contributed by atoms with Crippen molar-refractivity contribution < 1.29 is 38.1 Å². The van der Waals surface area contributed by atoms with Crippen molar-refractivity contribution in [3.63, 3.8) is 0 Å². The normalized spacial score (nSPS) is 23.6. The minimum Gasteiger partial charge on any atom is -0.456 e. The molecule has 8 heteroatoms. The lowest BCUT2D eigenvalue weighted by Crippen LogP contribution is -2.56. The van der Waals surface area contributed by atoms with Crippen molar-refractivity contribution in [2.75, 3.05) is 0 Å². The molecule has 1 fully saturated rings. The molecule has 0 aromatic heterocycles. The number of hydrogen-bond acceptors (Lipinski definition) is 8. The van der Waals surface area contributed by atoms with Crippen LogP contribution >= 0.6 is 0 Å². The molecule has 3 aliphatic rings. The molecular formula is C32H44O8. The number of rotatable bonds is 4. The van der Waals surface area contributed by atoms with Gasteiger partial charge in [0.25, 0.3) is 0 Å². The topological polar surface area (TPSA) is 105 Å². The van der Waals surface area contributed by atoms with E-state index >= 15 is 0 Å². The second kappa shape index (κ2) is 9.74. The number of allylic oxidation sites excluding steroid dienone is 6. The molecule has 0 unspecified atom stereocenters. The Hall–Kier alpha value is -3.16. The second-order valence-electron chi connectivity index (χ2n) is 14.6. The van der Waals surface area contributed by atoms with Crippen LogP contribution in [0.3, 0.4) is 0 Å². The van der Waals surface area contributed by atoms with Crippen LogP contribution in [-0.2, 0) is 38.1 Å². The lowest BCUT2D eigenvalue weighted by atomic mass is 9.39. The van der Waals surface area contributed by atoms with Gasteiger partial charge in [0.1, 0.15) is 33.6 Å². The van der Waals surface area contributed by atoms with E-state index in [0.29, 0.717) is 11.1 Å². The first-order valence-electron chi connectivity index (χ1n) is 13.7. The average molecular weight is 557 g/mol. The molecule has 0 aromatic rings. The first kappa shape index (κ1) is 31.4. The molecule has 0 atom stereocenters. The van der Waals surface area contributed by atoms with Crippen LogP contribution in [0.4, 0.5) is 0 Å². The van der Waals surface area contributed by atoms with Gasteiger partial charge in [-0.1, -0.05) is 24.3 Å². The Morgan fingerprint density at radius 3 is 0.825 bits per heavy atom. The standard InChI is InChI=1S/C32H44O8/c1-27(2,3)37-23(33)21(24(34)38-28(4,5)6)19-13-14-20(32-17-15-31(19,32)16-18-32)22(25(35)39-29(7,8)9)26(36)40-30(10,11)12/h15-18H,13-14H2,1-12H3. The second-order valence-corrected chi connectivity index (χ2v) is 14.6. The third-order valence-electron chi connectivity index (χ3n) is 6.54. The molecule has 1 saturated carbocycles. The molecule has 0 N–H and O–H groups in total. The van der Waals surface area contributed by atoms with Crippen molar-refractivity contribution in [3.8, 4) is 0 Å². The van der Waals surface area contributed by atoms with Crippen LogP contribution in [0.25, 0.3) is 0 Å². The minimum atomic E-state index is -0.890. The molecule has 0 radical (unpaired) electrons. The molecule has 40 heavy (non-hydrogen) atoms. The smallest absolute Gasteiger partial charge is 0.346 e. The van der Waals surface area contributed by atoms with E-state index in [1.54, 1.807) is 83.1 Å². The zero-order valence-corrected chi connectivity index (χ0v) is 26.0. The molecule has 3 rings (SSSR count). The molecule has 0 spiro atoms. The molecule has 0 aliphatic heterocycles. The van der Waals surface area contributed by atoms with Gasteiger partial charge in [-0.05, 0) is 107 Å². The Morgan fingerprint density at radius 2 is 0.675 bits per heavy atom. The van der Waals surface area contributed by atoms with Crippen LogP contribution in [0, 0.1) is 10.8 Å². The first-order valence-corrected chi connectivity index (χ1v) is 13.7. The molecule has 0 amide bonds. The third-order valence-corrected chi connectivity index (χ3v) is 6.54. The van der Waals surface area contributed by atoms with Gasteiger partial charge in [-0.15, -0.1) is 0 Å². The fraction of sp³-hybridized carbons (Fsp3) is 0.625. The van der Waals surface area contributed by atoms with Crippen molar-refractivity contribution in [2.24, 2.45) is 10.8 Å². The zero-order chi connectivity index (χ0) is 30.7. The van der Waals surface area contributed by atoms with Gasteiger partial charge in [-0.2, -0.15) is 0 Å². The highest BCUT2D eigenvalue weighted by Crippen LogP contribution is 2.71. The van der Waals surface area contributed by atoms with Gasteiger partial charge >= 0.3 is 23.9 Å². The summed E-state index contributed by atoms with van der Waals surface area (Å²) in [7, 11) is 0. The zero-order valence-electron chi connectivity index (χ0n) is 26.0. The summed E-state index contributed by atoms with van der Waals surface area (Å²) in [4.78, 5) is 54.0. The Labute approximate surface area is 237 Å². The quantitative estimate of drug-likeness (QED) is 0.106. The summed E-state index contributed by atoms with van der Waals surface area (Å²) in [5.74, 6) is -3.08. The number of esters is 4. The average Bonchev–Trinajstić information content (AvgIpc) is 2.65. The van der Waals surface area contributed by atoms with Gasteiger partial charge in [0.2, 0.25) is 0 Å². The highest BCUT2D eigenvalue weighted by Gasteiger charge is 2.65. The van der Waals surface area contributed by atoms with E-state index in [-0.39, 0.29) is 24.0 Å². The highest BCUT2D eigenvalue weighted by atomic mass is 16.6. The van der Waals surface area contributed by atoms with Crippen molar-refractivity contribution in [1.82, 2.24) is 0 Å². The van der Waals surface area contributed by atoms with Crippen molar-refractivity contribution in [3.05, 3.63) is 46.6 Å². The maximum atomic E-state index is 13.5. The SMILES string of the molecule is CC(C)(C)OC(=O)C(C(=O)OC(C)(C)C)=C1CCC(=C(C(=O)OC(C)(C)C)C(=O)OC(C)(C)C)C23C=CC12C=C3. The summed E-state index contributed by atoms with van der Waals surface area (Å²) in [6.07, 6.45) is 7.98. The molecular weight excluding hydrogens is 512 g/mol. The highest BCUT2D eigenvalue weighted by molar-refractivity contribution is 6.17. The van der Waals surface area contributed by atoms with Crippen LogP contribution in [0.1, 0.15) is 95.9 Å². The largest absolute Gasteiger partial charge is 0.456 e. The van der Waals surface area contributed by atoms with Gasteiger partial charge in [0.05, 0.1) is 0 Å². The van der Waals surface area contributed by atoms with Crippen LogP contribution in [0.15, 0.2) is 46.6 Å². The Bertz CT molecular complexity index is 1070. The Morgan fingerprint density at radius 1 is 0.475 bits per heavy atom. The minimum absolute atomic E-state index is 0.155. The van der Waals surface area contributed by atoms with Crippen LogP contribution in [0.2, 0.25) is 0 Å². The van der Waals surface area contributed by atoms with Gasteiger partial charge in [-0.25, -0.2) is 19.2 Å². The van der Waals surface area contributed by atoms with E-state index < -0.39 is 57.1 Å². The molecule has 0 saturated heterocycles. The summed E-state index contributed by atoms with van der Waals surface area (Å²) in [6.45, 7) is 20.8.